The summed E-state index contributed by atoms with van der Waals surface area (Å²) in [4.78, 5) is 0. The van der Waals surface area contributed by atoms with Crippen molar-refractivity contribution in [1.29, 1.82) is 0 Å². The van der Waals surface area contributed by atoms with Gasteiger partial charge in [0.05, 0.1) is 0 Å². The van der Waals surface area contributed by atoms with E-state index in [1.54, 1.807) is 0 Å². The van der Waals surface area contributed by atoms with Gasteiger partial charge in [0.1, 0.15) is 14.1 Å². The lowest BCUT2D eigenvalue weighted by Crippen LogP contribution is -2.13. The highest BCUT2D eigenvalue weighted by atomic mass is 15.1. The zero-order valence-electron chi connectivity index (χ0n) is 7.96. The number of hydrogen-bond acceptors (Lipinski definition) is 0. The fraction of sp³-hybridized carbons (Fsp3) is 0.667. The molecule has 0 aliphatic rings. The lowest BCUT2D eigenvalue weighted by Gasteiger charge is -2.01. The van der Waals surface area contributed by atoms with Gasteiger partial charge in [-0.2, -0.15) is 0 Å². The molecule has 0 aliphatic heterocycles. The molecule has 2 nitrogen and oxygen atoms in total. The summed E-state index contributed by atoms with van der Waals surface area (Å²) >= 11 is 0. The summed E-state index contributed by atoms with van der Waals surface area (Å²) in [6.07, 6.45) is 7.17. The van der Waals surface area contributed by atoms with Crippen LogP contribution < -0.4 is 0 Å². The van der Waals surface area contributed by atoms with Crippen molar-refractivity contribution in [2.75, 3.05) is 14.1 Å². The third kappa shape index (κ3) is 5.64. The average molecular weight is 154 g/mol. The van der Waals surface area contributed by atoms with Crippen molar-refractivity contribution in [3.8, 4) is 0 Å². The number of rotatable bonds is 4. The minimum absolute atomic E-state index is 0.951. The molecular weight excluding hydrogens is 136 g/mol. The zero-order valence-corrected chi connectivity index (χ0v) is 7.96. The maximum absolute atomic E-state index is 3.15. The Labute approximate surface area is 69.9 Å². The monoisotopic (exact) mass is 154 g/mol. The Kier molecular flexibility index (Phi) is 5.53. The fourth-order valence-corrected chi connectivity index (χ4v) is 0.899. The van der Waals surface area contributed by atoms with Crippen molar-refractivity contribution in [2.45, 2.75) is 26.7 Å². The predicted molar refractivity (Wildman–Crippen MR) is 48.3 cm³/mol. The number of nitrogens with zero attached hydrogens (tertiary/aromatic N) is 2. The van der Waals surface area contributed by atoms with Gasteiger partial charge in [0.15, 0.2) is 0 Å². The molecule has 0 saturated heterocycles. The summed E-state index contributed by atoms with van der Waals surface area (Å²) in [5.74, 6) is 0. The Hall–Kier alpha value is -0.790. The topological polar surface area (TPSA) is 6.02 Å². The molecule has 2 heteroatoms. The largest absolute Gasteiger partial charge is 0.319 e. The van der Waals surface area contributed by atoms with Crippen LogP contribution >= 0.6 is 0 Å². The number of hydrogen-bond donors (Lipinski definition) is 0. The van der Waals surface area contributed by atoms with Gasteiger partial charge >= 0.3 is 0 Å². The Morgan fingerprint density at radius 3 is 2.45 bits per heavy atom. The van der Waals surface area contributed by atoms with Crippen molar-refractivity contribution in [3.05, 3.63) is 6.54 Å². The third-order valence-electron chi connectivity index (χ3n) is 1.23. The molecular formula is C9H18N2. The van der Waals surface area contributed by atoms with Crippen LogP contribution in [0.25, 0.3) is 0 Å². The molecule has 0 rings (SSSR count). The van der Waals surface area contributed by atoms with Gasteiger partial charge in [-0.25, -0.2) is 0 Å². The van der Waals surface area contributed by atoms with E-state index in [0.29, 0.717) is 0 Å². The highest BCUT2D eigenvalue weighted by Crippen LogP contribution is 1.82. The van der Waals surface area contributed by atoms with Crippen LogP contribution in [0.15, 0.2) is 0 Å². The second-order valence-corrected chi connectivity index (χ2v) is 2.49. The van der Waals surface area contributed by atoms with Gasteiger partial charge in [0, 0.05) is 12.8 Å². The van der Waals surface area contributed by atoms with Crippen molar-refractivity contribution in [1.82, 2.24) is 0 Å². The molecule has 0 amide bonds. The Morgan fingerprint density at radius 2 is 2.00 bits per heavy atom. The minimum atomic E-state index is 0.951. The molecule has 0 aromatic heterocycles. The van der Waals surface area contributed by atoms with E-state index in [2.05, 4.69) is 26.6 Å². The van der Waals surface area contributed by atoms with E-state index >= 15 is 0 Å². The normalized spacial score (nSPS) is 13.5. The average Bonchev–Trinajstić information content (AvgIpc) is 1.87. The minimum Gasteiger partial charge on any atom is -0.319 e. The van der Waals surface area contributed by atoms with Gasteiger partial charge < -0.3 is 9.15 Å². The quantitative estimate of drug-likeness (QED) is 0.249. The summed E-state index contributed by atoms with van der Waals surface area (Å²) in [5, 5.41) is 0. The molecule has 0 spiro atoms. The van der Waals surface area contributed by atoms with E-state index < -0.39 is 0 Å². The van der Waals surface area contributed by atoms with Crippen LogP contribution in [0.1, 0.15) is 26.7 Å². The molecule has 0 fully saturated rings. The summed E-state index contributed by atoms with van der Waals surface area (Å²) in [6, 6.07) is 0. The molecule has 0 bridgehead atoms. The van der Waals surface area contributed by atoms with Gasteiger partial charge in [0.2, 0.25) is 6.34 Å². The summed E-state index contributed by atoms with van der Waals surface area (Å²) in [6.45, 7) is 6.32. The van der Waals surface area contributed by atoms with E-state index in [4.69, 9.17) is 0 Å². The summed E-state index contributed by atoms with van der Waals surface area (Å²) in [7, 11) is 4.01. The maximum Gasteiger partial charge on any atom is 0.248 e. The van der Waals surface area contributed by atoms with E-state index in [1.165, 1.54) is 0 Å². The third-order valence-corrected chi connectivity index (χ3v) is 1.23. The highest BCUT2D eigenvalue weighted by molar-refractivity contribution is 5.56. The molecule has 0 unspecified atom stereocenters. The predicted octanol–water partition coefficient (Wildman–Crippen LogP) is 1.23. The van der Waals surface area contributed by atoms with Crippen LogP contribution in [0.4, 0.5) is 0 Å². The second kappa shape index (κ2) is 5.96. The Morgan fingerprint density at radius 1 is 1.36 bits per heavy atom. The van der Waals surface area contributed by atoms with Crippen molar-refractivity contribution in [2.24, 2.45) is 0 Å². The lowest BCUT2D eigenvalue weighted by molar-refractivity contribution is -0.516. The molecule has 11 heavy (non-hydrogen) atoms. The van der Waals surface area contributed by atoms with Gasteiger partial charge in [0.25, 0.3) is 0 Å². The van der Waals surface area contributed by atoms with E-state index in [-0.39, 0.29) is 0 Å². The molecule has 0 N–H and O–H groups in total. The van der Waals surface area contributed by atoms with E-state index in [0.717, 1.165) is 12.8 Å². The van der Waals surface area contributed by atoms with E-state index in [9.17, 15) is 0 Å². The van der Waals surface area contributed by atoms with Gasteiger partial charge in [-0.3, -0.25) is 0 Å². The molecule has 0 saturated carbocycles. The summed E-state index contributed by atoms with van der Waals surface area (Å²) in [5.41, 5.74) is 0. The first-order chi connectivity index (χ1) is 5.20. The van der Waals surface area contributed by atoms with Crippen LogP contribution in [0.2, 0.25) is 0 Å². The van der Waals surface area contributed by atoms with Crippen LogP contribution in [0.5, 0.6) is 0 Å². The van der Waals surface area contributed by atoms with Crippen molar-refractivity contribution < 1.29 is 9.15 Å². The van der Waals surface area contributed by atoms with Crippen LogP contribution in [0.3, 0.4) is 0 Å². The molecule has 0 aliphatic carbocycles. The molecule has 0 aromatic carbocycles. The van der Waals surface area contributed by atoms with Crippen molar-refractivity contribution in [3.63, 3.8) is 0 Å². The van der Waals surface area contributed by atoms with Crippen LogP contribution in [-0.4, -0.2) is 35.8 Å². The first-order valence-corrected chi connectivity index (χ1v) is 4.07. The van der Waals surface area contributed by atoms with E-state index in [1.807, 2.05) is 29.6 Å². The lowest BCUT2D eigenvalue weighted by atomic mass is 10.5. The fourth-order valence-electron chi connectivity index (χ4n) is 0.899. The smallest absolute Gasteiger partial charge is 0.248 e. The maximum atomic E-state index is 3.15. The van der Waals surface area contributed by atoms with Gasteiger partial charge in [-0.05, 0) is 6.42 Å². The molecule has 0 atom stereocenters. The van der Waals surface area contributed by atoms with Crippen LogP contribution in [-0.2, 0) is 0 Å². The van der Waals surface area contributed by atoms with Gasteiger partial charge in [-0.15, -0.1) is 0 Å². The molecule has 64 valence electrons. The Bertz CT molecular complexity index is 157. The first kappa shape index (κ1) is 10.2. The second-order valence-electron chi connectivity index (χ2n) is 2.49. The first-order valence-electron chi connectivity index (χ1n) is 4.07. The molecule has 0 aromatic rings. The van der Waals surface area contributed by atoms with Gasteiger partial charge in [-0.1, -0.05) is 20.3 Å². The zero-order chi connectivity index (χ0) is 8.69. The standard InChI is InChI=1S/C9H18N2/c1-5-7-10(3)9-11(4)8-6-2/h7,9H,5-6H2,1-4H3. The highest BCUT2D eigenvalue weighted by Gasteiger charge is 1.86. The SMILES string of the molecule is CC[C-]=[N+](C)C=[N+](C)[CH-]CC. The summed E-state index contributed by atoms with van der Waals surface area (Å²) < 4.78 is 3.99. The Balaban J connectivity index is 3.96. The molecule has 0 heterocycles. The van der Waals surface area contributed by atoms with Crippen molar-refractivity contribution >= 4 is 12.6 Å². The van der Waals surface area contributed by atoms with Crippen LogP contribution in [0, 0.1) is 6.54 Å². The molecule has 0 radical (unpaired) electrons.